The summed E-state index contributed by atoms with van der Waals surface area (Å²) in [5.74, 6) is -0.792. The maximum atomic E-state index is 13.7. The Bertz CT molecular complexity index is 1390. The Labute approximate surface area is 234 Å². The third-order valence-electron chi connectivity index (χ3n) is 6.64. The van der Waals surface area contributed by atoms with Crippen LogP contribution in [-0.4, -0.2) is 24.1 Å². The van der Waals surface area contributed by atoms with Crippen LogP contribution in [-0.2, 0) is 37.1 Å². The summed E-state index contributed by atoms with van der Waals surface area (Å²) in [4.78, 5) is 29.6. The minimum absolute atomic E-state index is 0.285. The van der Waals surface area contributed by atoms with Gasteiger partial charge in [0.1, 0.15) is 16.4 Å². The molecule has 1 aromatic carbocycles. The van der Waals surface area contributed by atoms with Gasteiger partial charge in [-0.1, -0.05) is 11.6 Å². The summed E-state index contributed by atoms with van der Waals surface area (Å²) in [6, 6.07) is 4.02. The molecule has 3 heterocycles. The highest BCUT2D eigenvalue weighted by molar-refractivity contribution is 7.17. The van der Waals surface area contributed by atoms with Crippen LogP contribution in [0.5, 0.6) is 0 Å². The van der Waals surface area contributed by atoms with E-state index in [4.69, 9.17) is 16.3 Å². The Hall–Kier alpha value is -2.46. The maximum absolute atomic E-state index is 13.7. The molecular weight excluding hydrogens is 545 g/mol. The lowest BCUT2D eigenvalue weighted by Gasteiger charge is -2.21. The number of amides is 2. The van der Waals surface area contributed by atoms with E-state index in [2.05, 4.69) is 16.0 Å². The first-order valence-corrected chi connectivity index (χ1v) is 14.8. The highest BCUT2D eigenvalue weighted by Crippen LogP contribution is 2.42. The van der Waals surface area contributed by atoms with E-state index in [0.717, 1.165) is 71.6 Å². The van der Waals surface area contributed by atoms with Crippen molar-refractivity contribution in [3.63, 3.8) is 0 Å². The number of hydrogen-bond donors (Lipinski definition) is 3. The molecule has 0 saturated heterocycles. The maximum Gasteiger partial charge on any atom is 0.341 e. The fourth-order valence-corrected chi connectivity index (χ4v) is 7.96. The summed E-state index contributed by atoms with van der Waals surface area (Å²) < 4.78 is 19.4. The summed E-state index contributed by atoms with van der Waals surface area (Å²) >= 11 is 9.50. The molecule has 0 saturated carbocycles. The number of carbonyl (C=O) groups excluding carboxylic acids is 2. The minimum Gasteiger partial charge on any atom is -0.456 e. The lowest BCUT2D eigenvalue weighted by atomic mass is 9.95. The predicted molar refractivity (Wildman–Crippen MR) is 152 cm³/mol. The first kappa shape index (κ1) is 27.1. The number of esters is 1. The molecule has 1 aliphatic heterocycles. The SMILES string of the molecule is CC(C)(C)OC(=O)c1c(NC(=O)NCc2c(-c3ccc(F)cc3Cl)sc3c2CCNC3)sc2c1CCCC2. The number of halogens is 2. The number of ether oxygens (including phenoxy) is 1. The zero-order chi connectivity index (χ0) is 27.0. The van der Waals surface area contributed by atoms with Gasteiger partial charge in [0.25, 0.3) is 0 Å². The highest BCUT2D eigenvalue weighted by Gasteiger charge is 2.30. The molecule has 2 aromatic heterocycles. The molecule has 0 bridgehead atoms. The van der Waals surface area contributed by atoms with Gasteiger partial charge in [0.05, 0.1) is 10.6 Å². The summed E-state index contributed by atoms with van der Waals surface area (Å²) in [6.45, 7) is 7.40. The molecular formula is C28H31ClFN3O3S2. The third kappa shape index (κ3) is 5.76. The van der Waals surface area contributed by atoms with Gasteiger partial charge in [-0.3, -0.25) is 5.32 Å². The Kier molecular flexibility index (Phi) is 7.82. The molecule has 0 unspecified atom stereocenters. The molecule has 0 fully saturated rings. The van der Waals surface area contributed by atoms with E-state index in [0.29, 0.717) is 15.6 Å². The predicted octanol–water partition coefficient (Wildman–Crippen LogP) is 7.07. The van der Waals surface area contributed by atoms with Crippen molar-refractivity contribution in [2.24, 2.45) is 0 Å². The fourth-order valence-electron chi connectivity index (χ4n) is 4.99. The first-order valence-electron chi connectivity index (χ1n) is 12.8. The zero-order valence-corrected chi connectivity index (χ0v) is 24.1. The molecule has 38 heavy (non-hydrogen) atoms. The lowest BCUT2D eigenvalue weighted by Crippen LogP contribution is -2.30. The van der Waals surface area contributed by atoms with Crippen LogP contribution in [0.4, 0.5) is 14.2 Å². The van der Waals surface area contributed by atoms with Crippen molar-refractivity contribution in [2.45, 2.75) is 71.6 Å². The number of rotatable bonds is 5. The first-order chi connectivity index (χ1) is 18.1. The van der Waals surface area contributed by atoms with Crippen LogP contribution in [0.2, 0.25) is 5.02 Å². The fraction of sp³-hybridized carbons (Fsp3) is 0.429. The monoisotopic (exact) mass is 575 g/mol. The Morgan fingerprint density at radius 1 is 1.11 bits per heavy atom. The van der Waals surface area contributed by atoms with Gasteiger partial charge in [0.15, 0.2) is 0 Å². The number of thiophene rings is 2. The number of nitrogens with one attached hydrogen (secondary N) is 3. The summed E-state index contributed by atoms with van der Waals surface area (Å²) in [5.41, 5.74) is 3.79. The van der Waals surface area contributed by atoms with Gasteiger partial charge in [-0.2, -0.15) is 0 Å². The van der Waals surface area contributed by atoms with Gasteiger partial charge in [-0.15, -0.1) is 22.7 Å². The molecule has 10 heteroatoms. The Morgan fingerprint density at radius 3 is 2.66 bits per heavy atom. The molecule has 0 spiro atoms. The van der Waals surface area contributed by atoms with E-state index >= 15 is 0 Å². The van der Waals surface area contributed by atoms with Gasteiger partial charge in [-0.25, -0.2) is 14.0 Å². The van der Waals surface area contributed by atoms with Crippen molar-refractivity contribution in [1.82, 2.24) is 10.6 Å². The molecule has 3 aromatic rings. The highest BCUT2D eigenvalue weighted by atomic mass is 35.5. The molecule has 2 amide bonds. The van der Waals surface area contributed by atoms with Crippen molar-refractivity contribution in [2.75, 3.05) is 11.9 Å². The standard InChI is InChI=1S/C28H31ClFN3O3S2/c1-28(2,3)36-26(34)23-18-6-4-5-7-21(18)38-25(23)33-27(35)32-13-19-16-10-11-31-14-22(16)37-24(19)17-9-8-15(30)12-20(17)29/h8-9,12,31H,4-7,10-11,13-14H2,1-3H3,(H2,32,33,35). The van der Waals surface area contributed by atoms with Crippen LogP contribution < -0.4 is 16.0 Å². The molecule has 3 N–H and O–H groups in total. The van der Waals surface area contributed by atoms with Gasteiger partial charge in [0, 0.05) is 33.3 Å². The Morgan fingerprint density at radius 2 is 1.89 bits per heavy atom. The minimum atomic E-state index is -0.634. The lowest BCUT2D eigenvalue weighted by molar-refractivity contribution is 0.00699. The normalized spacial score (nSPS) is 15.0. The van der Waals surface area contributed by atoms with Crippen molar-refractivity contribution < 1.29 is 18.7 Å². The largest absolute Gasteiger partial charge is 0.456 e. The average molecular weight is 576 g/mol. The van der Waals surface area contributed by atoms with Gasteiger partial charge in [0.2, 0.25) is 0 Å². The zero-order valence-electron chi connectivity index (χ0n) is 21.7. The molecule has 2 aliphatic rings. The van der Waals surface area contributed by atoms with Crippen molar-refractivity contribution in [1.29, 1.82) is 0 Å². The van der Waals surface area contributed by atoms with Crippen molar-refractivity contribution >= 4 is 51.3 Å². The van der Waals surface area contributed by atoms with Gasteiger partial charge in [-0.05, 0) is 94.3 Å². The molecule has 6 nitrogen and oxygen atoms in total. The van der Waals surface area contributed by atoms with E-state index in [1.54, 1.807) is 17.4 Å². The Balaban J connectivity index is 1.39. The van der Waals surface area contributed by atoms with Crippen molar-refractivity contribution in [3.05, 3.63) is 61.0 Å². The summed E-state index contributed by atoms with van der Waals surface area (Å²) in [7, 11) is 0. The van der Waals surface area contributed by atoms with Crippen LogP contribution in [0.15, 0.2) is 18.2 Å². The number of hydrogen-bond acceptors (Lipinski definition) is 6. The van der Waals surface area contributed by atoms with E-state index in [-0.39, 0.29) is 12.4 Å². The second-order valence-electron chi connectivity index (χ2n) is 10.6. The number of anilines is 1. The number of fused-ring (bicyclic) bond motifs is 2. The summed E-state index contributed by atoms with van der Waals surface area (Å²) in [6.07, 6.45) is 4.62. The van der Waals surface area contributed by atoms with Crippen LogP contribution in [0.1, 0.15) is 70.4 Å². The molecule has 0 radical (unpaired) electrons. The van der Waals surface area contributed by atoms with E-state index in [1.807, 2.05) is 20.8 Å². The van der Waals surface area contributed by atoms with Gasteiger partial charge >= 0.3 is 12.0 Å². The number of urea groups is 1. The van der Waals surface area contributed by atoms with Crippen LogP contribution >= 0.6 is 34.3 Å². The topological polar surface area (TPSA) is 79.5 Å². The van der Waals surface area contributed by atoms with Crippen LogP contribution in [0.3, 0.4) is 0 Å². The molecule has 1 aliphatic carbocycles. The number of carbonyl (C=O) groups is 2. The third-order valence-corrected chi connectivity index (χ3v) is 9.47. The molecule has 202 valence electrons. The average Bonchev–Trinajstić information content (AvgIpc) is 3.39. The van der Waals surface area contributed by atoms with Crippen LogP contribution in [0.25, 0.3) is 10.4 Å². The van der Waals surface area contributed by atoms with Gasteiger partial charge < -0.3 is 15.4 Å². The van der Waals surface area contributed by atoms with Crippen molar-refractivity contribution in [3.8, 4) is 10.4 Å². The number of benzene rings is 1. The second kappa shape index (κ2) is 11.0. The summed E-state index contributed by atoms with van der Waals surface area (Å²) in [5, 5.41) is 10.2. The second-order valence-corrected chi connectivity index (χ2v) is 13.2. The quantitative estimate of drug-likeness (QED) is 0.284. The number of aryl methyl sites for hydroxylation is 1. The van der Waals surface area contributed by atoms with Crippen LogP contribution in [0, 0.1) is 5.82 Å². The molecule has 5 rings (SSSR count). The van der Waals surface area contributed by atoms with E-state index < -0.39 is 17.6 Å². The smallest absolute Gasteiger partial charge is 0.341 e. The molecule has 0 atom stereocenters. The van der Waals surface area contributed by atoms with E-state index in [1.165, 1.54) is 33.9 Å². The van der Waals surface area contributed by atoms with E-state index in [9.17, 15) is 14.0 Å².